The first-order valence-electron chi connectivity index (χ1n) is 7.44. The predicted molar refractivity (Wildman–Crippen MR) is 92.9 cm³/mol. The molecule has 122 valence electrons. The second kappa shape index (κ2) is 7.54. The summed E-state index contributed by atoms with van der Waals surface area (Å²) in [6, 6.07) is 12.8. The highest BCUT2D eigenvalue weighted by atomic mass is 16.5. The number of ether oxygens (including phenoxy) is 2. The number of methoxy groups -OCH3 is 1. The van der Waals surface area contributed by atoms with Gasteiger partial charge >= 0.3 is 0 Å². The molecule has 5 heteroatoms. The Labute approximate surface area is 136 Å². The van der Waals surface area contributed by atoms with Crippen molar-refractivity contribution in [1.29, 1.82) is 0 Å². The Balaban J connectivity index is 2.15. The molecule has 1 amide bonds. The van der Waals surface area contributed by atoms with Crippen molar-refractivity contribution in [2.75, 3.05) is 38.0 Å². The standard InChI is InChI=1S/C18H22N2O3/c1-5-23-17-12-13(6-11-16(17)22-4)18(21)19-14-7-9-15(10-8-14)20(2)3/h6-12H,5H2,1-4H3,(H,19,21). The Morgan fingerprint density at radius 3 is 2.35 bits per heavy atom. The van der Waals surface area contributed by atoms with Crippen molar-refractivity contribution in [2.24, 2.45) is 0 Å². The van der Waals surface area contributed by atoms with Gasteiger partial charge in [0.05, 0.1) is 13.7 Å². The average molecular weight is 314 g/mol. The Bertz CT molecular complexity index is 666. The highest BCUT2D eigenvalue weighted by molar-refractivity contribution is 6.04. The van der Waals surface area contributed by atoms with Gasteiger partial charge in [-0.2, -0.15) is 0 Å². The lowest BCUT2D eigenvalue weighted by atomic mass is 10.1. The number of hydrogen-bond donors (Lipinski definition) is 1. The maximum absolute atomic E-state index is 12.4. The highest BCUT2D eigenvalue weighted by Crippen LogP contribution is 2.28. The van der Waals surface area contributed by atoms with Crippen molar-refractivity contribution in [3.63, 3.8) is 0 Å². The van der Waals surface area contributed by atoms with Crippen LogP contribution in [0.3, 0.4) is 0 Å². The monoisotopic (exact) mass is 314 g/mol. The Hall–Kier alpha value is -2.69. The van der Waals surface area contributed by atoms with Crippen LogP contribution in [-0.2, 0) is 0 Å². The molecule has 0 aliphatic heterocycles. The van der Waals surface area contributed by atoms with E-state index in [1.165, 1.54) is 0 Å². The molecule has 0 spiro atoms. The van der Waals surface area contributed by atoms with E-state index in [4.69, 9.17) is 9.47 Å². The van der Waals surface area contributed by atoms with Crippen LogP contribution in [0.2, 0.25) is 0 Å². The van der Waals surface area contributed by atoms with Gasteiger partial charge in [-0.25, -0.2) is 0 Å². The van der Waals surface area contributed by atoms with Crippen LogP contribution in [0.5, 0.6) is 11.5 Å². The van der Waals surface area contributed by atoms with Crippen LogP contribution < -0.4 is 19.7 Å². The smallest absolute Gasteiger partial charge is 0.255 e. The first-order chi connectivity index (χ1) is 11.0. The summed E-state index contributed by atoms with van der Waals surface area (Å²) in [6.45, 7) is 2.39. The van der Waals surface area contributed by atoms with Crippen molar-refractivity contribution in [1.82, 2.24) is 0 Å². The molecule has 0 saturated carbocycles. The second-order valence-electron chi connectivity index (χ2n) is 5.19. The van der Waals surface area contributed by atoms with Gasteiger partial charge in [-0.15, -0.1) is 0 Å². The number of carbonyl (C=O) groups is 1. The average Bonchev–Trinajstić information content (AvgIpc) is 2.55. The van der Waals surface area contributed by atoms with E-state index in [2.05, 4.69) is 5.32 Å². The first-order valence-corrected chi connectivity index (χ1v) is 7.44. The first kappa shape index (κ1) is 16.7. The summed E-state index contributed by atoms with van der Waals surface area (Å²) in [5.41, 5.74) is 2.34. The minimum absolute atomic E-state index is 0.189. The van der Waals surface area contributed by atoms with Gasteiger partial charge < -0.3 is 19.7 Å². The van der Waals surface area contributed by atoms with Gasteiger partial charge in [-0.1, -0.05) is 0 Å². The molecule has 0 aliphatic rings. The van der Waals surface area contributed by atoms with Crippen LogP contribution in [0.1, 0.15) is 17.3 Å². The minimum atomic E-state index is -0.189. The van der Waals surface area contributed by atoms with Crippen molar-refractivity contribution in [3.05, 3.63) is 48.0 Å². The fourth-order valence-electron chi connectivity index (χ4n) is 2.13. The van der Waals surface area contributed by atoms with E-state index in [0.29, 0.717) is 23.7 Å². The van der Waals surface area contributed by atoms with Crippen molar-refractivity contribution < 1.29 is 14.3 Å². The zero-order valence-corrected chi connectivity index (χ0v) is 13.9. The van der Waals surface area contributed by atoms with E-state index >= 15 is 0 Å². The van der Waals surface area contributed by atoms with Gasteiger partial charge in [0, 0.05) is 31.0 Å². The van der Waals surface area contributed by atoms with E-state index in [1.807, 2.05) is 50.2 Å². The topological polar surface area (TPSA) is 50.8 Å². The number of nitrogens with zero attached hydrogens (tertiary/aromatic N) is 1. The van der Waals surface area contributed by atoms with Gasteiger partial charge in [0.25, 0.3) is 5.91 Å². The zero-order valence-electron chi connectivity index (χ0n) is 13.9. The van der Waals surface area contributed by atoms with Crippen molar-refractivity contribution in [3.8, 4) is 11.5 Å². The number of amides is 1. The molecule has 0 bridgehead atoms. The van der Waals surface area contributed by atoms with Gasteiger partial charge in [-0.3, -0.25) is 4.79 Å². The SMILES string of the molecule is CCOc1cc(C(=O)Nc2ccc(N(C)C)cc2)ccc1OC. The second-order valence-corrected chi connectivity index (χ2v) is 5.19. The van der Waals surface area contributed by atoms with Gasteiger partial charge in [0.1, 0.15) is 0 Å². The molecule has 2 aromatic carbocycles. The third kappa shape index (κ3) is 4.16. The fourth-order valence-corrected chi connectivity index (χ4v) is 2.13. The minimum Gasteiger partial charge on any atom is -0.493 e. The van der Waals surface area contributed by atoms with E-state index in [-0.39, 0.29) is 5.91 Å². The molecule has 0 atom stereocenters. The van der Waals surface area contributed by atoms with E-state index < -0.39 is 0 Å². The van der Waals surface area contributed by atoms with Gasteiger partial charge in [0.15, 0.2) is 11.5 Å². The summed E-state index contributed by atoms with van der Waals surface area (Å²) >= 11 is 0. The van der Waals surface area contributed by atoms with E-state index in [9.17, 15) is 4.79 Å². The van der Waals surface area contributed by atoms with Crippen LogP contribution in [-0.4, -0.2) is 33.7 Å². The number of nitrogens with one attached hydrogen (secondary N) is 1. The van der Waals surface area contributed by atoms with Crippen molar-refractivity contribution >= 4 is 17.3 Å². The molecule has 2 aromatic rings. The van der Waals surface area contributed by atoms with E-state index in [0.717, 1.165) is 11.4 Å². The van der Waals surface area contributed by atoms with Crippen molar-refractivity contribution in [2.45, 2.75) is 6.92 Å². The molecule has 1 N–H and O–H groups in total. The molecule has 2 rings (SSSR count). The number of benzene rings is 2. The number of hydrogen-bond acceptors (Lipinski definition) is 4. The highest BCUT2D eigenvalue weighted by Gasteiger charge is 2.11. The molecular formula is C18H22N2O3. The number of rotatable bonds is 6. The third-order valence-electron chi connectivity index (χ3n) is 3.37. The fraction of sp³-hybridized carbons (Fsp3) is 0.278. The van der Waals surface area contributed by atoms with Crippen LogP contribution >= 0.6 is 0 Å². The molecule has 0 saturated heterocycles. The summed E-state index contributed by atoms with van der Waals surface area (Å²) in [5, 5.41) is 2.88. The lowest BCUT2D eigenvalue weighted by molar-refractivity contribution is 0.102. The van der Waals surface area contributed by atoms with Crippen LogP contribution in [0.15, 0.2) is 42.5 Å². The lowest BCUT2D eigenvalue weighted by Gasteiger charge is -2.13. The molecule has 0 radical (unpaired) electrons. The molecule has 0 heterocycles. The Morgan fingerprint density at radius 1 is 1.09 bits per heavy atom. The van der Waals surface area contributed by atoms with Gasteiger partial charge in [-0.05, 0) is 49.4 Å². The molecule has 0 aromatic heterocycles. The normalized spacial score (nSPS) is 10.1. The summed E-state index contributed by atoms with van der Waals surface area (Å²) in [4.78, 5) is 14.4. The predicted octanol–water partition coefficient (Wildman–Crippen LogP) is 3.41. The maximum Gasteiger partial charge on any atom is 0.255 e. The lowest BCUT2D eigenvalue weighted by Crippen LogP contribution is -2.13. The Morgan fingerprint density at radius 2 is 1.78 bits per heavy atom. The number of carbonyl (C=O) groups excluding carboxylic acids is 1. The van der Waals surface area contributed by atoms with Crippen LogP contribution in [0.25, 0.3) is 0 Å². The maximum atomic E-state index is 12.4. The third-order valence-corrected chi connectivity index (χ3v) is 3.37. The molecule has 23 heavy (non-hydrogen) atoms. The summed E-state index contributed by atoms with van der Waals surface area (Å²) in [7, 11) is 5.52. The van der Waals surface area contributed by atoms with Crippen LogP contribution in [0, 0.1) is 0 Å². The molecular weight excluding hydrogens is 292 g/mol. The van der Waals surface area contributed by atoms with Gasteiger partial charge in [0.2, 0.25) is 0 Å². The summed E-state index contributed by atoms with van der Waals surface area (Å²) in [5.74, 6) is 0.982. The molecule has 0 fully saturated rings. The quantitative estimate of drug-likeness (QED) is 0.888. The zero-order chi connectivity index (χ0) is 16.8. The molecule has 0 aliphatic carbocycles. The summed E-state index contributed by atoms with van der Waals surface area (Å²) in [6.07, 6.45) is 0. The Kier molecular flexibility index (Phi) is 5.46. The number of anilines is 2. The van der Waals surface area contributed by atoms with Crippen LogP contribution in [0.4, 0.5) is 11.4 Å². The van der Waals surface area contributed by atoms with E-state index in [1.54, 1.807) is 25.3 Å². The largest absolute Gasteiger partial charge is 0.493 e. The molecule has 5 nitrogen and oxygen atoms in total. The molecule has 0 unspecified atom stereocenters. The summed E-state index contributed by atoms with van der Waals surface area (Å²) < 4.78 is 10.7.